The van der Waals surface area contributed by atoms with Crippen LogP contribution in [0.5, 0.6) is 0 Å². The molecule has 0 fully saturated rings. The molecule has 0 aliphatic carbocycles. The third-order valence-corrected chi connectivity index (χ3v) is 3.36. The minimum Gasteiger partial charge on any atom is -0.336 e. The maximum absolute atomic E-state index is 11.5. The lowest BCUT2D eigenvalue weighted by Gasteiger charge is -2.06. The van der Waals surface area contributed by atoms with Crippen LogP contribution in [-0.2, 0) is 9.36 Å². The predicted molar refractivity (Wildman–Crippen MR) is 51.1 cm³/mol. The maximum atomic E-state index is 11.5. The van der Waals surface area contributed by atoms with Gasteiger partial charge < -0.3 is 4.89 Å². The summed E-state index contributed by atoms with van der Waals surface area (Å²) >= 11 is 0. The fourth-order valence-electron chi connectivity index (χ4n) is 0.881. The molecule has 1 aromatic carbocycles. The standard InChI is InChI=1S/C9H9O3P/c1-2-9(10)13(11,12)8-6-4-3-5-7-8/h2-7H,1H2,(H,11,12). The Labute approximate surface area is 76.2 Å². The zero-order chi connectivity index (χ0) is 9.90. The summed E-state index contributed by atoms with van der Waals surface area (Å²) in [6.07, 6.45) is 0.869. The zero-order valence-corrected chi connectivity index (χ0v) is 7.78. The van der Waals surface area contributed by atoms with Crippen molar-refractivity contribution in [2.75, 3.05) is 0 Å². The van der Waals surface area contributed by atoms with E-state index in [1.807, 2.05) is 0 Å². The Bertz CT molecular complexity index is 370. The van der Waals surface area contributed by atoms with Crippen molar-refractivity contribution in [3.8, 4) is 0 Å². The Morgan fingerprint density at radius 1 is 1.38 bits per heavy atom. The van der Waals surface area contributed by atoms with Gasteiger partial charge in [-0.1, -0.05) is 24.8 Å². The Kier molecular flexibility index (Phi) is 2.81. The Morgan fingerprint density at radius 3 is 2.38 bits per heavy atom. The van der Waals surface area contributed by atoms with E-state index in [0.29, 0.717) is 0 Å². The predicted octanol–water partition coefficient (Wildman–Crippen LogP) is 1.29. The highest BCUT2D eigenvalue weighted by atomic mass is 31.2. The first-order valence-electron chi connectivity index (χ1n) is 3.64. The molecule has 0 heterocycles. The average molecular weight is 196 g/mol. The maximum Gasteiger partial charge on any atom is 0.297 e. The minimum absolute atomic E-state index is 0.139. The summed E-state index contributed by atoms with van der Waals surface area (Å²) in [6, 6.07) is 7.81. The second-order valence-electron chi connectivity index (χ2n) is 2.45. The van der Waals surface area contributed by atoms with Gasteiger partial charge in [0.05, 0.1) is 0 Å². The van der Waals surface area contributed by atoms with E-state index in [4.69, 9.17) is 0 Å². The van der Waals surface area contributed by atoms with Crippen LogP contribution in [0.25, 0.3) is 0 Å². The van der Waals surface area contributed by atoms with Crippen LogP contribution in [0.1, 0.15) is 0 Å². The van der Waals surface area contributed by atoms with Crippen LogP contribution >= 0.6 is 7.37 Å². The molecule has 0 saturated carbocycles. The monoisotopic (exact) mass is 196 g/mol. The Morgan fingerprint density at radius 2 is 1.92 bits per heavy atom. The second kappa shape index (κ2) is 3.69. The smallest absolute Gasteiger partial charge is 0.297 e. The van der Waals surface area contributed by atoms with Gasteiger partial charge in [0.15, 0.2) is 0 Å². The first-order chi connectivity index (χ1) is 6.09. The van der Waals surface area contributed by atoms with Gasteiger partial charge >= 0.3 is 0 Å². The van der Waals surface area contributed by atoms with Gasteiger partial charge in [-0.25, -0.2) is 0 Å². The molecule has 3 nitrogen and oxygen atoms in total. The van der Waals surface area contributed by atoms with Gasteiger partial charge in [-0.2, -0.15) is 0 Å². The molecule has 0 saturated heterocycles. The van der Waals surface area contributed by atoms with Crippen molar-refractivity contribution in [1.82, 2.24) is 0 Å². The van der Waals surface area contributed by atoms with Gasteiger partial charge in [-0.3, -0.25) is 9.36 Å². The van der Waals surface area contributed by atoms with Crippen molar-refractivity contribution in [2.24, 2.45) is 0 Å². The third-order valence-electron chi connectivity index (χ3n) is 1.58. The molecular weight excluding hydrogens is 187 g/mol. The van der Waals surface area contributed by atoms with Crippen molar-refractivity contribution in [3.63, 3.8) is 0 Å². The second-order valence-corrected chi connectivity index (χ2v) is 4.56. The normalized spacial score (nSPS) is 14.5. The van der Waals surface area contributed by atoms with E-state index in [1.165, 1.54) is 12.1 Å². The molecule has 0 bridgehead atoms. The number of carbonyl (C=O) groups is 1. The molecule has 0 radical (unpaired) electrons. The summed E-state index contributed by atoms with van der Waals surface area (Å²) in [6.45, 7) is 3.17. The van der Waals surface area contributed by atoms with Crippen LogP contribution in [0.15, 0.2) is 43.0 Å². The summed E-state index contributed by atoms with van der Waals surface area (Å²) in [5.74, 6) is 0. The highest BCUT2D eigenvalue weighted by Crippen LogP contribution is 2.40. The summed E-state index contributed by atoms with van der Waals surface area (Å²) in [5.41, 5.74) is -0.835. The lowest BCUT2D eigenvalue weighted by Crippen LogP contribution is -2.09. The molecule has 68 valence electrons. The topological polar surface area (TPSA) is 54.4 Å². The van der Waals surface area contributed by atoms with Gasteiger partial charge in [0, 0.05) is 5.30 Å². The van der Waals surface area contributed by atoms with Crippen molar-refractivity contribution in [3.05, 3.63) is 43.0 Å². The van der Waals surface area contributed by atoms with E-state index in [9.17, 15) is 14.3 Å². The van der Waals surface area contributed by atoms with Crippen LogP contribution < -0.4 is 5.30 Å². The molecule has 0 spiro atoms. The van der Waals surface area contributed by atoms with E-state index in [0.717, 1.165) is 6.08 Å². The zero-order valence-electron chi connectivity index (χ0n) is 6.88. The first-order valence-corrected chi connectivity index (χ1v) is 5.30. The molecule has 1 unspecified atom stereocenters. The van der Waals surface area contributed by atoms with E-state index < -0.39 is 12.9 Å². The number of rotatable bonds is 3. The first kappa shape index (κ1) is 9.90. The van der Waals surface area contributed by atoms with E-state index in [2.05, 4.69) is 6.58 Å². The van der Waals surface area contributed by atoms with E-state index in [-0.39, 0.29) is 5.30 Å². The number of carbonyl (C=O) groups excluding carboxylic acids is 1. The minimum atomic E-state index is -3.89. The lowest BCUT2D eigenvalue weighted by molar-refractivity contribution is -0.108. The average Bonchev–Trinajstić information content (AvgIpc) is 2.18. The summed E-state index contributed by atoms with van der Waals surface area (Å²) in [7, 11) is -3.89. The lowest BCUT2D eigenvalue weighted by atomic mass is 10.4. The Hall–Kier alpha value is -1.18. The van der Waals surface area contributed by atoms with Crippen LogP contribution in [0.2, 0.25) is 0 Å². The summed E-state index contributed by atoms with van der Waals surface area (Å²) in [4.78, 5) is 20.4. The summed E-state index contributed by atoms with van der Waals surface area (Å²) < 4.78 is 11.5. The molecule has 0 aromatic heterocycles. The van der Waals surface area contributed by atoms with Crippen molar-refractivity contribution in [2.45, 2.75) is 0 Å². The SMILES string of the molecule is C=CC(=O)P(=O)(O)c1ccccc1. The number of allylic oxidation sites excluding steroid dienone is 1. The highest BCUT2D eigenvalue weighted by molar-refractivity contribution is 7.82. The van der Waals surface area contributed by atoms with Crippen LogP contribution in [0.4, 0.5) is 0 Å². The van der Waals surface area contributed by atoms with Gasteiger partial charge in [0.25, 0.3) is 7.37 Å². The molecule has 1 aromatic rings. The van der Waals surface area contributed by atoms with Crippen molar-refractivity contribution >= 4 is 18.2 Å². The van der Waals surface area contributed by atoms with Gasteiger partial charge in [-0.05, 0) is 18.2 Å². The number of benzene rings is 1. The van der Waals surface area contributed by atoms with Gasteiger partial charge in [0.1, 0.15) is 0 Å². The Balaban J connectivity index is 3.16. The van der Waals surface area contributed by atoms with Gasteiger partial charge in [0.2, 0.25) is 5.52 Å². The number of hydrogen-bond donors (Lipinski definition) is 1. The molecular formula is C9H9O3P. The molecule has 0 amide bonds. The fourth-order valence-corrected chi connectivity index (χ4v) is 1.96. The largest absolute Gasteiger partial charge is 0.336 e. The van der Waals surface area contributed by atoms with Gasteiger partial charge in [-0.15, -0.1) is 0 Å². The number of hydrogen-bond acceptors (Lipinski definition) is 2. The molecule has 4 heteroatoms. The third kappa shape index (κ3) is 1.94. The fraction of sp³-hybridized carbons (Fsp3) is 0. The van der Waals surface area contributed by atoms with Crippen LogP contribution in [0.3, 0.4) is 0 Å². The molecule has 13 heavy (non-hydrogen) atoms. The van der Waals surface area contributed by atoms with E-state index in [1.54, 1.807) is 18.2 Å². The highest BCUT2D eigenvalue weighted by Gasteiger charge is 2.27. The molecule has 1 rings (SSSR count). The van der Waals surface area contributed by atoms with E-state index >= 15 is 0 Å². The molecule has 1 atom stereocenters. The quantitative estimate of drug-likeness (QED) is 0.585. The molecule has 0 aliphatic rings. The van der Waals surface area contributed by atoms with Crippen LogP contribution in [-0.4, -0.2) is 10.4 Å². The molecule has 1 N–H and O–H groups in total. The summed E-state index contributed by atoms with van der Waals surface area (Å²) in [5, 5.41) is 0.139. The van der Waals surface area contributed by atoms with Crippen molar-refractivity contribution in [1.29, 1.82) is 0 Å². The molecule has 0 aliphatic heterocycles. The van der Waals surface area contributed by atoms with Crippen molar-refractivity contribution < 1.29 is 14.3 Å². The van der Waals surface area contributed by atoms with Crippen LogP contribution in [0, 0.1) is 0 Å².